The topological polar surface area (TPSA) is 63.2 Å². The fourth-order valence-electron chi connectivity index (χ4n) is 4.29. The molecule has 2 aliphatic rings. The van der Waals surface area contributed by atoms with Gasteiger partial charge in [-0.3, -0.25) is 9.79 Å². The van der Waals surface area contributed by atoms with E-state index in [1.54, 1.807) is 0 Å². The third-order valence-electron chi connectivity index (χ3n) is 5.72. The maximum Gasteiger partial charge on any atom is 0.310 e. The van der Waals surface area contributed by atoms with Gasteiger partial charge in [0.05, 0.1) is 18.6 Å². The van der Waals surface area contributed by atoms with Crippen LogP contribution in [0.2, 0.25) is 0 Å². The van der Waals surface area contributed by atoms with Gasteiger partial charge in [-0.1, -0.05) is 30.3 Å². The SMILES string of the molecule is CCNC(=NCC1CCCOC1c1ccccc1)N1CCCC(C(=O)OCC)C1.I. The number of hydrogen-bond donors (Lipinski definition) is 1. The second-order valence-corrected chi connectivity index (χ2v) is 7.84. The summed E-state index contributed by atoms with van der Waals surface area (Å²) >= 11 is 0. The van der Waals surface area contributed by atoms with E-state index in [2.05, 4.69) is 41.4 Å². The molecule has 0 saturated carbocycles. The van der Waals surface area contributed by atoms with Gasteiger partial charge in [0.15, 0.2) is 5.96 Å². The van der Waals surface area contributed by atoms with Gasteiger partial charge in [-0.2, -0.15) is 0 Å². The fraction of sp³-hybridized carbons (Fsp3) is 0.652. The van der Waals surface area contributed by atoms with Crippen LogP contribution < -0.4 is 5.32 Å². The van der Waals surface area contributed by atoms with Crippen LogP contribution in [0.25, 0.3) is 0 Å². The van der Waals surface area contributed by atoms with Crippen LogP contribution in [-0.2, 0) is 14.3 Å². The average molecular weight is 529 g/mol. The Kier molecular flexibility index (Phi) is 10.9. The monoisotopic (exact) mass is 529 g/mol. The van der Waals surface area contributed by atoms with Gasteiger partial charge in [0, 0.05) is 38.7 Å². The van der Waals surface area contributed by atoms with Crippen molar-refractivity contribution in [3.63, 3.8) is 0 Å². The molecule has 2 fully saturated rings. The lowest BCUT2D eigenvalue weighted by Gasteiger charge is -2.35. The Morgan fingerprint density at radius 3 is 2.77 bits per heavy atom. The standard InChI is InChI=1S/C23H35N3O3.HI/c1-3-24-23(26-14-8-12-20(17-26)22(27)28-4-2)25-16-19-13-9-15-29-21(19)18-10-6-5-7-11-18;/h5-7,10-11,19-21H,3-4,8-9,12-17H2,1-2H3,(H,24,25);1H. The van der Waals surface area contributed by atoms with Crippen LogP contribution in [0.1, 0.15) is 51.2 Å². The lowest BCUT2D eigenvalue weighted by atomic mass is 9.89. The predicted octanol–water partition coefficient (Wildman–Crippen LogP) is 4.01. The van der Waals surface area contributed by atoms with Gasteiger partial charge in [0.2, 0.25) is 0 Å². The smallest absolute Gasteiger partial charge is 0.310 e. The van der Waals surface area contributed by atoms with E-state index in [1.807, 2.05) is 13.0 Å². The number of carbonyl (C=O) groups is 1. The van der Waals surface area contributed by atoms with Crippen LogP contribution in [0.3, 0.4) is 0 Å². The Bertz CT molecular complexity index is 671. The molecule has 168 valence electrons. The Labute approximate surface area is 197 Å². The first-order chi connectivity index (χ1) is 14.2. The van der Waals surface area contributed by atoms with Crippen LogP contribution >= 0.6 is 24.0 Å². The number of carbonyl (C=O) groups excluding carboxylic acids is 1. The number of piperidine rings is 1. The molecule has 3 rings (SSSR count). The van der Waals surface area contributed by atoms with E-state index in [4.69, 9.17) is 14.5 Å². The lowest BCUT2D eigenvalue weighted by Crippen LogP contribution is -2.48. The minimum atomic E-state index is -0.0853. The summed E-state index contributed by atoms with van der Waals surface area (Å²) in [5.41, 5.74) is 1.23. The first kappa shape index (κ1) is 24.9. The van der Waals surface area contributed by atoms with Gasteiger partial charge in [-0.25, -0.2) is 0 Å². The number of esters is 1. The van der Waals surface area contributed by atoms with Gasteiger partial charge in [0.1, 0.15) is 0 Å². The molecule has 1 aromatic carbocycles. The number of benzene rings is 1. The van der Waals surface area contributed by atoms with E-state index in [9.17, 15) is 4.79 Å². The van der Waals surface area contributed by atoms with E-state index < -0.39 is 0 Å². The molecule has 7 heteroatoms. The van der Waals surface area contributed by atoms with Crippen LogP contribution in [0, 0.1) is 11.8 Å². The highest BCUT2D eigenvalue weighted by Gasteiger charge is 2.30. The molecule has 3 unspecified atom stereocenters. The van der Waals surface area contributed by atoms with Crippen molar-refractivity contribution in [1.82, 2.24) is 10.2 Å². The van der Waals surface area contributed by atoms with Crippen LogP contribution in [0.5, 0.6) is 0 Å². The number of nitrogens with zero attached hydrogens (tertiary/aromatic N) is 2. The summed E-state index contributed by atoms with van der Waals surface area (Å²) in [5, 5.41) is 3.42. The van der Waals surface area contributed by atoms with Crippen LogP contribution in [0.4, 0.5) is 0 Å². The molecule has 0 amide bonds. The quantitative estimate of drug-likeness (QED) is 0.261. The van der Waals surface area contributed by atoms with Crippen molar-refractivity contribution in [3.8, 4) is 0 Å². The van der Waals surface area contributed by atoms with Gasteiger partial charge in [-0.05, 0) is 45.1 Å². The van der Waals surface area contributed by atoms with E-state index in [0.717, 1.165) is 57.9 Å². The zero-order valence-corrected chi connectivity index (χ0v) is 20.5. The third-order valence-corrected chi connectivity index (χ3v) is 5.72. The highest BCUT2D eigenvalue weighted by atomic mass is 127. The number of nitrogens with one attached hydrogen (secondary N) is 1. The molecule has 2 saturated heterocycles. The number of hydrogen-bond acceptors (Lipinski definition) is 4. The van der Waals surface area contributed by atoms with Crippen LogP contribution in [-0.4, -0.2) is 56.2 Å². The number of guanidine groups is 1. The number of likely N-dealkylation sites (tertiary alicyclic amines) is 1. The second kappa shape index (κ2) is 13.1. The summed E-state index contributed by atoms with van der Waals surface area (Å²) in [6.45, 7) is 8.32. The van der Waals surface area contributed by atoms with Crippen LogP contribution in [0.15, 0.2) is 35.3 Å². The first-order valence-corrected chi connectivity index (χ1v) is 11.1. The Morgan fingerprint density at radius 2 is 2.03 bits per heavy atom. The number of halogens is 1. The molecule has 0 spiro atoms. The predicted molar refractivity (Wildman–Crippen MR) is 130 cm³/mol. The Hall–Kier alpha value is -1.35. The summed E-state index contributed by atoms with van der Waals surface area (Å²) in [5.74, 6) is 1.12. The Morgan fingerprint density at radius 1 is 1.23 bits per heavy atom. The fourth-order valence-corrected chi connectivity index (χ4v) is 4.29. The van der Waals surface area contributed by atoms with Crippen molar-refractivity contribution in [2.45, 2.75) is 45.6 Å². The molecule has 1 N–H and O–H groups in total. The summed E-state index contributed by atoms with van der Waals surface area (Å²) < 4.78 is 11.4. The molecule has 2 heterocycles. The zero-order chi connectivity index (χ0) is 20.5. The molecule has 0 aromatic heterocycles. The van der Waals surface area contributed by atoms with E-state index in [1.165, 1.54) is 5.56 Å². The van der Waals surface area contributed by atoms with Crippen molar-refractivity contribution < 1.29 is 14.3 Å². The number of aliphatic imine (C=N–C) groups is 1. The molecule has 0 bridgehead atoms. The molecular formula is C23H36IN3O3. The molecule has 0 radical (unpaired) electrons. The number of ether oxygens (including phenoxy) is 2. The Balaban J connectivity index is 0.00000320. The van der Waals surface area contributed by atoms with Crippen molar-refractivity contribution in [2.24, 2.45) is 16.8 Å². The summed E-state index contributed by atoms with van der Waals surface area (Å²) in [6.07, 6.45) is 4.17. The third kappa shape index (κ3) is 6.83. The largest absolute Gasteiger partial charge is 0.466 e. The average Bonchev–Trinajstić information content (AvgIpc) is 2.78. The van der Waals surface area contributed by atoms with Gasteiger partial charge in [0.25, 0.3) is 0 Å². The first-order valence-electron chi connectivity index (χ1n) is 11.1. The molecular weight excluding hydrogens is 493 g/mol. The highest BCUT2D eigenvalue weighted by molar-refractivity contribution is 14.0. The second-order valence-electron chi connectivity index (χ2n) is 7.84. The maximum absolute atomic E-state index is 12.2. The molecule has 30 heavy (non-hydrogen) atoms. The number of rotatable bonds is 6. The molecule has 1 aromatic rings. The van der Waals surface area contributed by atoms with E-state index in [-0.39, 0.29) is 42.0 Å². The van der Waals surface area contributed by atoms with E-state index in [0.29, 0.717) is 19.1 Å². The normalized spacial score (nSPS) is 24.7. The van der Waals surface area contributed by atoms with Gasteiger partial charge < -0.3 is 19.7 Å². The lowest BCUT2D eigenvalue weighted by molar-refractivity contribution is -0.149. The van der Waals surface area contributed by atoms with Gasteiger partial charge in [-0.15, -0.1) is 24.0 Å². The summed E-state index contributed by atoms with van der Waals surface area (Å²) in [7, 11) is 0. The van der Waals surface area contributed by atoms with Crippen molar-refractivity contribution >= 4 is 35.9 Å². The summed E-state index contributed by atoms with van der Waals surface area (Å²) in [4.78, 5) is 19.4. The van der Waals surface area contributed by atoms with E-state index >= 15 is 0 Å². The minimum absolute atomic E-state index is 0. The molecule has 3 atom stereocenters. The highest BCUT2D eigenvalue weighted by Crippen LogP contribution is 2.33. The molecule has 6 nitrogen and oxygen atoms in total. The van der Waals surface area contributed by atoms with Crippen molar-refractivity contribution in [2.75, 3.05) is 39.4 Å². The van der Waals surface area contributed by atoms with Crippen molar-refractivity contribution in [1.29, 1.82) is 0 Å². The zero-order valence-electron chi connectivity index (χ0n) is 18.2. The maximum atomic E-state index is 12.2. The summed E-state index contributed by atoms with van der Waals surface area (Å²) in [6, 6.07) is 10.5. The van der Waals surface area contributed by atoms with Crippen molar-refractivity contribution in [3.05, 3.63) is 35.9 Å². The molecule has 0 aliphatic carbocycles. The molecule has 2 aliphatic heterocycles. The minimum Gasteiger partial charge on any atom is -0.466 e. The van der Waals surface area contributed by atoms with Gasteiger partial charge >= 0.3 is 5.97 Å².